The minimum Gasteiger partial charge on any atom is -0.343 e. The number of hydrogen-bond acceptors (Lipinski definition) is 3. The predicted molar refractivity (Wildman–Crippen MR) is 73.7 cm³/mol. The normalized spacial score (nSPS) is 10.6. The van der Waals surface area contributed by atoms with Gasteiger partial charge in [-0.05, 0) is 24.1 Å². The number of aromatic nitrogens is 2. The van der Waals surface area contributed by atoms with Crippen molar-refractivity contribution in [2.24, 2.45) is 0 Å². The smallest absolute Gasteiger partial charge is 0.280 e. The van der Waals surface area contributed by atoms with Crippen LogP contribution in [0.2, 0.25) is 0 Å². The lowest BCUT2D eigenvalue weighted by atomic mass is 10.1. The summed E-state index contributed by atoms with van der Waals surface area (Å²) in [6.07, 6.45) is 2.94. The van der Waals surface area contributed by atoms with Crippen LogP contribution in [-0.4, -0.2) is 15.3 Å². The van der Waals surface area contributed by atoms with E-state index in [9.17, 15) is 4.79 Å². The lowest BCUT2D eigenvalue weighted by molar-refractivity contribution is 0.753. The van der Waals surface area contributed by atoms with Crippen LogP contribution in [0.3, 0.4) is 0 Å². The van der Waals surface area contributed by atoms with Crippen LogP contribution in [-0.2, 0) is 6.42 Å². The minimum atomic E-state index is -0.177. The van der Waals surface area contributed by atoms with Crippen molar-refractivity contribution in [3.05, 3.63) is 39.9 Å². The van der Waals surface area contributed by atoms with Crippen molar-refractivity contribution in [3.8, 4) is 0 Å². The Morgan fingerprint density at radius 1 is 1.47 bits per heavy atom. The van der Waals surface area contributed by atoms with Gasteiger partial charge in [0.2, 0.25) is 0 Å². The van der Waals surface area contributed by atoms with Gasteiger partial charge in [0, 0.05) is 11.8 Å². The average Bonchev–Trinajstić information content (AvgIpc) is 2.36. The summed E-state index contributed by atoms with van der Waals surface area (Å²) in [4.78, 5) is 19.1. The molecule has 2 rings (SSSR count). The van der Waals surface area contributed by atoms with E-state index >= 15 is 0 Å². The third-order valence-electron chi connectivity index (χ3n) is 2.69. The van der Waals surface area contributed by atoms with Gasteiger partial charge >= 0.3 is 0 Å². The zero-order chi connectivity index (χ0) is 12.3. The van der Waals surface area contributed by atoms with Crippen molar-refractivity contribution < 1.29 is 0 Å². The van der Waals surface area contributed by atoms with Crippen LogP contribution in [0, 0.1) is 0 Å². The van der Waals surface area contributed by atoms with Gasteiger partial charge < -0.3 is 4.98 Å². The van der Waals surface area contributed by atoms with Crippen molar-refractivity contribution in [1.82, 2.24) is 9.97 Å². The van der Waals surface area contributed by atoms with Gasteiger partial charge in [-0.1, -0.05) is 31.6 Å². The van der Waals surface area contributed by atoms with E-state index in [-0.39, 0.29) is 5.56 Å². The van der Waals surface area contributed by atoms with E-state index < -0.39 is 0 Å². The molecule has 17 heavy (non-hydrogen) atoms. The van der Waals surface area contributed by atoms with Crippen molar-refractivity contribution in [3.63, 3.8) is 0 Å². The molecule has 1 heterocycles. The van der Waals surface area contributed by atoms with E-state index in [1.165, 1.54) is 0 Å². The molecular formula is C13H14N2OS. The maximum atomic E-state index is 11.9. The number of H-pyrrole nitrogens is 1. The summed E-state index contributed by atoms with van der Waals surface area (Å²) in [7, 11) is 0. The Kier molecular flexibility index (Phi) is 3.64. The van der Waals surface area contributed by atoms with Crippen LogP contribution in [0.4, 0.5) is 0 Å². The lowest BCUT2D eigenvalue weighted by Crippen LogP contribution is -2.12. The fourth-order valence-electron chi connectivity index (χ4n) is 1.75. The molecule has 3 nitrogen and oxygen atoms in total. The van der Waals surface area contributed by atoms with Crippen molar-refractivity contribution >= 4 is 28.5 Å². The number of fused-ring (bicyclic) bond motifs is 1. The average molecular weight is 246 g/mol. The van der Waals surface area contributed by atoms with Gasteiger partial charge in [-0.2, -0.15) is 4.98 Å². The molecular weight excluding hydrogens is 232 g/mol. The Labute approximate surface area is 105 Å². The topological polar surface area (TPSA) is 45.8 Å². The Balaban J connectivity index is 2.52. The molecule has 0 radical (unpaired) electrons. The second-order valence-corrected chi connectivity index (χ2v) is 4.25. The Hall–Kier alpha value is -1.55. The summed E-state index contributed by atoms with van der Waals surface area (Å²) >= 11 is 4.85. The molecule has 0 unspecified atom stereocenters. The van der Waals surface area contributed by atoms with Gasteiger partial charge in [0.25, 0.3) is 5.56 Å². The highest BCUT2D eigenvalue weighted by Gasteiger charge is 2.03. The summed E-state index contributed by atoms with van der Waals surface area (Å²) in [6, 6.07) is 5.55. The molecule has 0 aliphatic carbocycles. The first-order chi connectivity index (χ1) is 8.24. The summed E-state index contributed by atoms with van der Waals surface area (Å²) < 4.78 is 0. The molecule has 1 aromatic carbocycles. The number of benzene rings is 1. The van der Waals surface area contributed by atoms with Gasteiger partial charge in [0.05, 0.1) is 10.9 Å². The second-order valence-electron chi connectivity index (χ2n) is 4.02. The summed E-state index contributed by atoms with van der Waals surface area (Å²) in [5, 5.41) is 2.16. The van der Waals surface area contributed by atoms with Gasteiger partial charge in [0.15, 0.2) is 0 Å². The van der Waals surface area contributed by atoms with E-state index in [4.69, 9.17) is 12.2 Å². The molecule has 2 aromatic rings. The summed E-state index contributed by atoms with van der Waals surface area (Å²) in [5.41, 5.74) is 1.52. The molecule has 0 spiro atoms. The van der Waals surface area contributed by atoms with Crippen LogP contribution in [0.15, 0.2) is 23.0 Å². The zero-order valence-corrected chi connectivity index (χ0v) is 10.5. The van der Waals surface area contributed by atoms with E-state index in [2.05, 4.69) is 16.9 Å². The molecule has 88 valence electrons. The third-order valence-corrected chi connectivity index (χ3v) is 2.96. The van der Waals surface area contributed by atoms with Crippen LogP contribution < -0.4 is 5.56 Å². The van der Waals surface area contributed by atoms with E-state index in [0.717, 1.165) is 36.2 Å². The molecule has 1 aromatic heterocycles. The maximum Gasteiger partial charge on any atom is 0.280 e. The molecule has 1 N–H and O–H groups in total. The number of aryl methyl sites for hydroxylation is 1. The van der Waals surface area contributed by atoms with Crippen LogP contribution >= 0.6 is 12.2 Å². The van der Waals surface area contributed by atoms with Gasteiger partial charge in [0.1, 0.15) is 5.82 Å². The molecule has 0 aliphatic rings. The highest BCUT2D eigenvalue weighted by molar-refractivity contribution is 7.79. The summed E-state index contributed by atoms with van der Waals surface area (Å²) in [5.74, 6) is 0.763. The number of rotatable bonds is 4. The van der Waals surface area contributed by atoms with Gasteiger partial charge in [-0.15, -0.1) is 0 Å². The van der Waals surface area contributed by atoms with Crippen molar-refractivity contribution in [2.75, 3.05) is 0 Å². The van der Waals surface area contributed by atoms with E-state index in [1.54, 1.807) is 11.4 Å². The fraction of sp³-hybridized carbons (Fsp3) is 0.308. The third kappa shape index (κ3) is 2.58. The maximum absolute atomic E-state index is 11.9. The highest BCUT2D eigenvalue weighted by Crippen LogP contribution is 2.10. The lowest BCUT2D eigenvalue weighted by Gasteiger charge is -2.03. The monoisotopic (exact) mass is 246 g/mol. The number of nitrogens with one attached hydrogen (secondary N) is 1. The van der Waals surface area contributed by atoms with Crippen LogP contribution in [0.25, 0.3) is 10.9 Å². The SMILES string of the molecule is CCCCc1nc(=O)c2cc(C=S)ccc2[nH]1. The molecule has 4 heteroatoms. The molecule has 0 fully saturated rings. The minimum absolute atomic E-state index is 0.177. The van der Waals surface area contributed by atoms with Crippen molar-refractivity contribution in [1.29, 1.82) is 0 Å². The first-order valence-electron chi connectivity index (χ1n) is 5.72. The summed E-state index contributed by atoms with van der Waals surface area (Å²) in [6.45, 7) is 2.12. The number of aromatic amines is 1. The van der Waals surface area contributed by atoms with Gasteiger partial charge in [-0.3, -0.25) is 4.79 Å². The molecule has 0 saturated heterocycles. The zero-order valence-electron chi connectivity index (χ0n) is 9.69. The number of thiocarbonyl (C=S) groups is 1. The largest absolute Gasteiger partial charge is 0.343 e. The van der Waals surface area contributed by atoms with E-state index in [1.807, 2.05) is 12.1 Å². The molecule has 0 atom stereocenters. The predicted octanol–water partition coefficient (Wildman–Crippen LogP) is 2.61. The number of unbranched alkanes of at least 4 members (excludes halogenated alkanes) is 1. The van der Waals surface area contributed by atoms with E-state index in [0.29, 0.717) is 5.39 Å². The Bertz CT molecular complexity index is 604. The Morgan fingerprint density at radius 3 is 3.00 bits per heavy atom. The fourth-order valence-corrected chi connectivity index (χ4v) is 1.90. The highest BCUT2D eigenvalue weighted by atomic mass is 32.1. The molecule has 0 bridgehead atoms. The molecule has 0 amide bonds. The first-order valence-corrected chi connectivity index (χ1v) is 6.20. The van der Waals surface area contributed by atoms with Crippen molar-refractivity contribution in [2.45, 2.75) is 26.2 Å². The van der Waals surface area contributed by atoms with Crippen LogP contribution in [0.1, 0.15) is 31.2 Å². The van der Waals surface area contributed by atoms with Gasteiger partial charge in [-0.25, -0.2) is 0 Å². The number of hydrogen-bond donors (Lipinski definition) is 1. The standard InChI is InChI=1S/C13H14N2OS/c1-2-3-4-12-14-11-6-5-9(8-17)7-10(11)13(16)15-12/h5-8H,2-4H2,1H3,(H,14,15,16). The molecule has 0 aliphatic heterocycles. The number of nitrogens with zero attached hydrogens (tertiary/aromatic N) is 1. The van der Waals surface area contributed by atoms with Crippen LogP contribution in [0.5, 0.6) is 0 Å². The Morgan fingerprint density at radius 2 is 2.29 bits per heavy atom. The quantitative estimate of drug-likeness (QED) is 0.843. The molecule has 0 saturated carbocycles. The first kappa shape index (κ1) is 11.9. The second kappa shape index (κ2) is 5.19.